The van der Waals surface area contributed by atoms with Crippen LogP contribution in [0.5, 0.6) is 5.75 Å². The van der Waals surface area contributed by atoms with Gasteiger partial charge in [0, 0.05) is 8.80 Å². The zero-order valence-electron chi connectivity index (χ0n) is 17.3. The third-order valence-corrected chi connectivity index (χ3v) is 9.57. The molecule has 0 radical (unpaired) electrons. The van der Waals surface area contributed by atoms with Crippen LogP contribution >= 0.6 is 0 Å². The minimum Gasteiger partial charge on any atom is -0.453 e. The summed E-state index contributed by atoms with van der Waals surface area (Å²) in [5.41, 5.74) is 2.31. The van der Waals surface area contributed by atoms with E-state index in [2.05, 4.69) is 11.7 Å². The third kappa shape index (κ3) is 5.97. The van der Waals surface area contributed by atoms with Crippen LogP contribution in [0, 0.1) is 11.6 Å². The van der Waals surface area contributed by atoms with Crippen molar-refractivity contribution in [1.29, 1.82) is 0 Å². The molecule has 0 aromatic heterocycles. The first-order chi connectivity index (χ1) is 14.5. The summed E-state index contributed by atoms with van der Waals surface area (Å²) in [5.74, 6) is -2.29. The van der Waals surface area contributed by atoms with Crippen LogP contribution in [0.2, 0.25) is 18.1 Å². The fourth-order valence-corrected chi connectivity index (χ4v) is 7.84. The number of rotatable bonds is 8. The van der Waals surface area contributed by atoms with Crippen molar-refractivity contribution in [3.63, 3.8) is 0 Å². The van der Waals surface area contributed by atoms with Crippen LogP contribution in [0.25, 0.3) is 11.1 Å². The highest BCUT2D eigenvalue weighted by molar-refractivity contribution is 6.59. The van der Waals surface area contributed by atoms with Gasteiger partial charge in [-0.25, -0.2) is 8.78 Å². The molecular weight excluding hydrogens is 408 g/mol. The van der Waals surface area contributed by atoms with E-state index >= 15 is 0 Å². The fraction of sp³-hybridized carbons (Fsp3) is 0.417. The van der Waals surface area contributed by atoms with Gasteiger partial charge >= 0.3 is 6.08 Å². The third-order valence-electron chi connectivity index (χ3n) is 6.04. The van der Waals surface area contributed by atoms with E-state index in [0.29, 0.717) is 17.0 Å². The highest BCUT2D eigenvalue weighted by Gasteiger charge is 2.23. The Bertz CT molecular complexity index is 831. The number of hydrogen-bond donors (Lipinski definition) is 0. The summed E-state index contributed by atoms with van der Waals surface area (Å²) >= 11 is 0. The van der Waals surface area contributed by atoms with Crippen LogP contribution in [0.3, 0.4) is 0 Å². The molecule has 1 saturated heterocycles. The lowest BCUT2D eigenvalue weighted by Crippen LogP contribution is -2.20. The number of halogens is 4. The first-order valence-corrected chi connectivity index (χ1v) is 13.2. The molecule has 162 valence electrons. The standard InChI is InChI=1S/C24H28F4OSi/c1-2-3-4-11-30-12-9-19(10-13-30)17-5-7-18(8-6-17)20-14-21(25)24(22(26)15-20)29-16-23(27)28/h5-8,14-16,19,30H,2-4,9-13H2,1H3. The van der Waals surface area contributed by atoms with Gasteiger partial charge in [0.2, 0.25) is 0 Å². The largest absolute Gasteiger partial charge is 0.453 e. The molecule has 0 saturated carbocycles. The van der Waals surface area contributed by atoms with Gasteiger partial charge in [0.25, 0.3) is 0 Å². The Kier molecular flexibility index (Phi) is 8.13. The second-order valence-corrected chi connectivity index (χ2v) is 11.6. The molecular formula is C24H28F4OSi. The van der Waals surface area contributed by atoms with Crippen molar-refractivity contribution in [2.45, 2.75) is 63.1 Å². The molecule has 0 amide bonds. The topological polar surface area (TPSA) is 9.23 Å². The van der Waals surface area contributed by atoms with E-state index in [1.165, 1.54) is 55.8 Å². The van der Waals surface area contributed by atoms with Crippen LogP contribution in [0.1, 0.15) is 50.5 Å². The van der Waals surface area contributed by atoms with Crippen LogP contribution < -0.4 is 4.74 Å². The van der Waals surface area contributed by atoms with Gasteiger partial charge in [-0.2, -0.15) is 8.78 Å². The molecule has 0 N–H and O–H groups in total. The van der Waals surface area contributed by atoms with Gasteiger partial charge in [0.05, 0.1) is 0 Å². The predicted octanol–water partition coefficient (Wildman–Crippen LogP) is 8.04. The molecule has 6 heteroatoms. The van der Waals surface area contributed by atoms with E-state index in [1.807, 2.05) is 24.3 Å². The van der Waals surface area contributed by atoms with Gasteiger partial charge in [-0.05, 0) is 47.6 Å². The Balaban J connectivity index is 1.64. The average molecular weight is 437 g/mol. The Morgan fingerprint density at radius 1 is 1.00 bits per heavy atom. The van der Waals surface area contributed by atoms with Crippen molar-refractivity contribution in [2.24, 2.45) is 0 Å². The number of unbranched alkanes of at least 4 members (excludes halogenated alkanes) is 2. The summed E-state index contributed by atoms with van der Waals surface area (Å²) in [7, 11) is -0.554. The predicted molar refractivity (Wildman–Crippen MR) is 116 cm³/mol. The Morgan fingerprint density at radius 3 is 2.20 bits per heavy atom. The first kappa shape index (κ1) is 22.6. The lowest BCUT2D eigenvalue weighted by Gasteiger charge is -2.28. The fourth-order valence-electron chi connectivity index (χ4n) is 4.36. The van der Waals surface area contributed by atoms with E-state index in [1.54, 1.807) is 0 Å². The highest BCUT2D eigenvalue weighted by atomic mass is 28.3. The molecule has 2 aromatic carbocycles. The quantitative estimate of drug-likeness (QED) is 0.176. The molecule has 1 fully saturated rings. The zero-order valence-corrected chi connectivity index (χ0v) is 18.4. The molecule has 0 aliphatic carbocycles. The maximum atomic E-state index is 14.1. The lowest BCUT2D eigenvalue weighted by molar-refractivity contribution is 0.344. The summed E-state index contributed by atoms with van der Waals surface area (Å²) in [6, 6.07) is 14.3. The molecule has 1 nitrogen and oxygen atoms in total. The molecule has 1 aliphatic heterocycles. The molecule has 1 aliphatic rings. The van der Waals surface area contributed by atoms with Crippen molar-refractivity contribution in [2.75, 3.05) is 0 Å². The monoisotopic (exact) mass is 436 g/mol. The second kappa shape index (κ2) is 10.8. The Morgan fingerprint density at radius 2 is 1.63 bits per heavy atom. The van der Waals surface area contributed by atoms with Crippen molar-refractivity contribution in [3.8, 4) is 16.9 Å². The maximum Gasteiger partial charge on any atom is 0.305 e. The maximum absolute atomic E-state index is 14.1. The minimum atomic E-state index is -2.16. The van der Waals surface area contributed by atoms with Gasteiger partial charge in [0.1, 0.15) is 0 Å². The van der Waals surface area contributed by atoms with E-state index < -0.39 is 32.3 Å². The van der Waals surface area contributed by atoms with E-state index in [9.17, 15) is 17.6 Å². The second-order valence-electron chi connectivity index (χ2n) is 8.13. The smallest absolute Gasteiger partial charge is 0.305 e. The van der Waals surface area contributed by atoms with Crippen molar-refractivity contribution in [1.82, 2.24) is 0 Å². The van der Waals surface area contributed by atoms with Crippen molar-refractivity contribution < 1.29 is 22.3 Å². The van der Waals surface area contributed by atoms with E-state index in [0.717, 1.165) is 12.1 Å². The number of benzene rings is 2. The lowest BCUT2D eigenvalue weighted by atomic mass is 9.92. The molecule has 1 heterocycles. The molecule has 0 bridgehead atoms. The van der Waals surface area contributed by atoms with Gasteiger partial charge in [-0.3, -0.25) is 0 Å². The number of hydrogen-bond acceptors (Lipinski definition) is 1. The van der Waals surface area contributed by atoms with Crippen molar-refractivity contribution in [3.05, 3.63) is 65.9 Å². The molecule has 3 rings (SSSR count). The minimum absolute atomic E-state index is 0.0252. The molecule has 0 unspecified atom stereocenters. The van der Waals surface area contributed by atoms with Gasteiger partial charge in [-0.15, -0.1) is 0 Å². The van der Waals surface area contributed by atoms with Crippen LogP contribution in [0.15, 0.2) is 48.7 Å². The van der Waals surface area contributed by atoms with E-state index in [-0.39, 0.29) is 6.26 Å². The number of ether oxygens (including phenoxy) is 1. The van der Waals surface area contributed by atoms with E-state index in [4.69, 9.17) is 0 Å². The van der Waals surface area contributed by atoms with Crippen LogP contribution in [-0.4, -0.2) is 8.80 Å². The molecule has 0 atom stereocenters. The van der Waals surface area contributed by atoms with Crippen LogP contribution in [-0.2, 0) is 0 Å². The SMILES string of the molecule is CCCCC[SiH]1CCC(c2ccc(-c3cc(F)c(OC=C(F)F)c(F)c3)cc2)CC1. The van der Waals surface area contributed by atoms with Crippen molar-refractivity contribution >= 4 is 8.80 Å². The highest BCUT2D eigenvalue weighted by Crippen LogP contribution is 2.36. The average Bonchev–Trinajstić information content (AvgIpc) is 2.74. The Hall–Kier alpha value is -2.08. The summed E-state index contributed by atoms with van der Waals surface area (Å²) in [4.78, 5) is 0. The molecule has 2 aromatic rings. The molecule has 0 spiro atoms. The summed E-state index contributed by atoms with van der Waals surface area (Å²) in [5, 5.41) is 0. The van der Waals surface area contributed by atoms with Gasteiger partial charge < -0.3 is 4.74 Å². The summed E-state index contributed by atoms with van der Waals surface area (Å²) in [6.07, 6.45) is 4.39. The van der Waals surface area contributed by atoms with Gasteiger partial charge in [-0.1, -0.05) is 68.6 Å². The van der Waals surface area contributed by atoms with Gasteiger partial charge in [0.15, 0.2) is 23.6 Å². The van der Waals surface area contributed by atoms with Crippen LogP contribution in [0.4, 0.5) is 17.6 Å². The normalized spacial score (nSPS) is 18.8. The summed E-state index contributed by atoms with van der Waals surface area (Å²) < 4.78 is 56.9. The first-order valence-electron chi connectivity index (χ1n) is 10.7. The Labute approximate surface area is 177 Å². The summed E-state index contributed by atoms with van der Waals surface area (Å²) in [6.45, 7) is 2.25. The molecule has 30 heavy (non-hydrogen) atoms. The zero-order chi connectivity index (χ0) is 21.5.